The lowest BCUT2D eigenvalue weighted by atomic mass is 10.0. The van der Waals surface area contributed by atoms with Gasteiger partial charge >= 0.3 is 0 Å². The lowest BCUT2D eigenvalue weighted by Gasteiger charge is -2.40. The second-order valence-corrected chi connectivity index (χ2v) is 7.40. The Morgan fingerprint density at radius 3 is 2.39 bits per heavy atom. The zero-order valence-corrected chi connectivity index (χ0v) is 14.7. The van der Waals surface area contributed by atoms with Gasteiger partial charge in [0.25, 0.3) is 0 Å². The molecular weight excluding hydrogens is 290 g/mol. The fraction of sp³-hybridized carbons (Fsp3) is 0.889. The molecule has 3 heterocycles. The van der Waals surface area contributed by atoms with Crippen LogP contribution in [0.25, 0.3) is 0 Å². The Kier molecular flexibility index (Phi) is 5.24. The molecule has 3 rings (SSSR count). The molecule has 2 amide bonds. The first-order chi connectivity index (χ1) is 11.1. The summed E-state index contributed by atoms with van der Waals surface area (Å²) in [5.74, 6) is 0.335. The molecular formula is C18H31N3O2. The van der Waals surface area contributed by atoms with E-state index in [1.807, 2.05) is 16.7 Å². The summed E-state index contributed by atoms with van der Waals surface area (Å²) in [5.41, 5.74) is 0. The van der Waals surface area contributed by atoms with E-state index in [2.05, 4.69) is 11.8 Å². The molecule has 2 atom stereocenters. The molecule has 0 N–H and O–H groups in total. The first kappa shape index (κ1) is 16.7. The molecule has 0 spiro atoms. The number of carbonyl (C=O) groups excluding carboxylic acids is 2. The molecule has 5 nitrogen and oxygen atoms in total. The second kappa shape index (κ2) is 7.20. The first-order valence-corrected chi connectivity index (χ1v) is 9.45. The molecule has 0 aromatic carbocycles. The van der Waals surface area contributed by atoms with Gasteiger partial charge in [0.2, 0.25) is 11.8 Å². The van der Waals surface area contributed by atoms with Gasteiger partial charge in [0.15, 0.2) is 0 Å². The van der Waals surface area contributed by atoms with Crippen molar-refractivity contribution in [3.8, 4) is 0 Å². The molecule has 5 heteroatoms. The minimum Gasteiger partial charge on any atom is -0.341 e. The SMILES string of the molecule is CC[C@H](C(=O)N1CCC(N2CCC[C@H]2C)CC1)N1CCCC1=O. The Hall–Kier alpha value is -1.10. The summed E-state index contributed by atoms with van der Waals surface area (Å²) in [5, 5.41) is 0. The van der Waals surface area contributed by atoms with Crippen molar-refractivity contribution in [2.45, 2.75) is 76.9 Å². The van der Waals surface area contributed by atoms with Gasteiger partial charge in [-0.3, -0.25) is 14.5 Å². The van der Waals surface area contributed by atoms with E-state index in [0.29, 0.717) is 18.5 Å². The summed E-state index contributed by atoms with van der Waals surface area (Å²) < 4.78 is 0. The number of rotatable bonds is 4. The van der Waals surface area contributed by atoms with E-state index in [1.54, 1.807) is 0 Å². The molecule has 3 saturated heterocycles. The van der Waals surface area contributed by atoms with Crippen LogP contribution in [0.5, 0.6) is 0 Å². The number of nitrogens with zero attached hydrogens (tertiary/aromatic N) is 3. The van der Waals surface area contributed by atoms with Crippen molar-refractivity contribution in [1.29, 1.82) is 0 Å². The van der Waals surface area contributed by atoms with Crippen molar-refractivity contribution in [3.63, 3.8) is 0 Å². The highest BCUT2D eigenvalue weighted by molar-refractivity contribution is 5.88. The standard InChI is InChI=1S/C18H31N3O2/c1-3-16(21-11-5-7-17(21)22)18(23)19-12-8-15(9-13-19)20-10-4-6-14(20)2/h14-16H,3-13H2,1-2H3/t14-,16-/m1/s1. The number of likely N-dealkylation sites (tertiary alicyclic amines) is 3. The van der Waals surface area contributed by atoms with Gasteiger partial charge in [-0.15, -0.1) is 0 Å². The van der Waals surface area contributed by atoms with Crippen LogP contribution < -0.4 is 0 Å². The van der Waals surface area contributed by atoms with Gasteiger partial charge in [-0.2, -0.15) is 0 Å². The number of piperidine rings is 1. The van der Waals surface area contributed by atoms with Crippen molar-refractivity contribution < 1.29 is 9.59 Å². The maximum Gasteiger partial charge on any atom is 0.245 e. The maximum atomic E-state index is 12.9. The Bertz CT molecular complexity index is 446. The summed E-state index contributed by atoms with van der Waals surface area (Å²) in [7, 11) is 0. The van der Waals surface area contributed by atoms with E-state index in [9.17, 15) is 9.59 Å². The lowest BCUT2D eigenvalue weighted by Crippen LogP contribution is -2.53. The second-order valence-electron chi connectivity index (χ2n) is 7.40. The third-order valence-corrected chi connectivity index (χ3v) is 6.01. The van der Waals surface area contributed by atoms with Gasteiger partial charge in [0.05, 0.1) is 0 Å². The van der Waals surface area contributed by atoms with Crippen LogP contribution in [0.1, 0.15) is 58.8 Å². The molecule has 23 heavy (non-hydrogen) atoms. The molecule has 0 aliphatic carbocycles. The molecule has 0 radical (unpaired) electrons. The predicted octanol–water partition coefficient (Wildman–Crippen LogP) is 1.86. The first-order valence-electron chi connectivity index (χ1n) is 9.45. The van der Waals surface area contributed by atoms with Crippen molar-refractivity contribution >= 4 is 11.8 Å². The topological polar surface area (TPSA) is 43.9 Å². The Morgan fingerprint density at radius 2 is 1.87 bits per heavy atom. The summed E-state index contributed by atoms with van der Waals surface area (Å²) in [6, 6.07) is 1.12. The van der Waals surface area contributed by atoms with E-state index in [1.165, 1.54) is 19.4 Å². The van der Waals surface area contributed by atoms with Gasteiger partial charge in [-0.25, -0.2) is 0 Å². The molecule has 0 saturated carbocycles. The van der Waals surface area contributed by atoms with E-state index in [-0.39, 0.29) is 17.9 Å². The van der Waals surface area contributed by atoms with Crippen LogP contribution in [0.4, 0.5) is 0 Å². The molecule has 3 aliphatic rings. The van der Waals surface area contributed by atoms with Crippen molar-refractivity contribution in [2.75, 3.05) is 26.2 Å². The minimum absolute atomic E-state index is 0.158. The number of carbonyl (C=O) groups is 2. The van der Waals surface area contributed by atoms with E-state index >= 15 is 0 Å². The number of amides is 2. The largest absolute Gasteiger partial charge is 0.341 e. The summed E-state index contributed by atoms with van der Waals surface area (Å²) in [6.07, 6.45) is 7.04. The molecule has 0 unspecified atom stereocenters. The van der Waals surface area contributed by atoms with Gasteiger partial charge in [-0.1, -0.05) is 6.92 Å². The van der Waals surface area contributed by atoms with Gasteiger partial charge in [-0.05, 0) is 52.0 Å². The third-order valence-electron chi connectivity index (χ3n) is 6.01. The highest BCUT2D eigenvalue weighted by Crippen LogP contribution is 2.26. The normalized spacial score (nSPS) is 28.6. The van der Waals surface area contributed by atoms with Crippen LogP contribution in [-0.4, -0.2) is 70.8 Å². The zero-order valence-electron chi connectivity index (χ0n) is 14.7. The molecule has 0 aromatic heterocycles. The lowest BCUT2D eigenvalue weighted by molar-refractivity contribution is -0.144. The van der Waals surface area contributed by atoms with E-state index in [4.69, 9.17) is 0 Å². The summed E-state index contributed by atoms with van der Waals surface area (Å²) in [4.78, 5) is 31.3. The quantitative estimate of drug-likeness (QED) is 0.794. The van der Waals surface area contributed by atoms with Crippen LogP contribution in [0, 0.1) is 0 Å². The van der Waals surface area contributed by atoms with Crippen molar-refractivity contribution in [2.24, 2.45) is 0 Å². The molecule has 3 aliphatic heterocycles. The molecule has 130 valence electrons. The number of hydrogen-bond donors (Lipinski definition) is 0. The van der Waals surface area contributed by atoms with Crippen LogP contribution in [0.2, 0.25) is 0 Å². The van der Waals surface area contributed by atoms with E-state index < -0.39 is 0 Å². The van der Waals surface area contributed by atoms with Crippen LogP contribution in [0.15, 0.2) is 0 Å². The summed E-state index contributed by atoms with van der Waals surface area (Å²) in [6.45, 7) is 8.03. The maximum absolute atomic E-state index is 12.9. The van der Waals surface area contributed by atoms with Crippen LogP contribution >= 0.6 is 0 Å². The average molecular weight is 321 g/mol. The average Bonchev–Trinajstić information content (AvgIpc) is 3.17. The molecule has 0 bridgehead atoms. The smallest absolute Gasteiger partial charge is 0.245 e. The number of hydrogen-bond acceptors (Lipinski definition) is 3. The molecule has 0 aromatic rings. The van der Waals surface area contributed by atoms with Gasteiger partial charge < -0.3 is 9.80 Å². The van der Waals surface area contributed by atoms with Crippen LogP contribution in [-0.2, 0) is 9.59 Å². The summed E-state index contributed by atoms with van der Waals surface area (Å²) >= 11 is 0. The third kappa shape index (κ3) is 3.39. The minimum atomic E-state index is -0.229. The van der Waals surface area contributed by atoms with Gasteiger partial charge in [0, 0.05) is 38.1 Å². The van der Waals surface area contributed by atoms with E-state index in [0.717, 1.165) is 45.3 Å². The van der Waals surface area contributed by atoms with Crippen molar-refractivity contribution in [3.05, 3.63) is 0 Å². The van der Waals surface area contributed by atoms with Gasteiger partial charge in [0.1, 0.15) is 6.04 Å². The zero-order chi connectivity index (χ0) is 16.4. The Morgan fingerprint density at radius 1 is 1.13 bits per heavy atom. The monoisotopic (exact) mass is 321 g/mol. The highest BCUT2D eigenvalue weighted by Gasteiger charge is 2.37. The predicted molar refractivity (Wildman–Crippen MR) is 90.0 cm³/mol. The fourth-order valence-corrected chi connectivity index (χ4v) is 4.65. The highest BCUT2D eigenvalue weighted by atomic mass is 16.2. The van der Waals surface area contributed by atoms with Crippen molar-refractivity contribution in [1.82, 2.24) is 14.7 Å². The molecule has 3 fully saturated rings. The van der Waals surface area contributed by atoms with Crippen LogP contribution in [0.3, 0.4) is 0 Å². The Balaban J connectivity index is 1.55. The Labute approximate surface area is 140 Å². The fourth-order valence-electron chi connectivity index (χ4n) is 4.65.